The molecule has 0 aliphatic rings. The summed E-state index contributed by atoms with van der Waals surface area (Å²) in [5.41, 5.74) is 0.328. The van der Waals surface area contributed by atoms with Gasteiger partial charge in [0.05, 0.1) is 33.4 Å². The molecule has 25 heavy (non-hydrogen) atoms. The summed E-state index contributed by atoms with van der Waals surface area (Å²) in [5, 5.41) is 2.90. The van der Waals surface area contributed by atoms with E-state index < -0.39 is 0 Å². The molecular weight excluding hydrogens is 318 g/mol. The topological polar surface area (TPSA) is 79.6 Å². The number of nitrogens with zero attached hydrogens (tertiary/aromatic N) is 3. The Morgan fingerprint density at radius 2 is 1.96 bits per heavy atom. The highest BCUT2D eigenvalue weighted by Crippen LogP contribution is 2.06. The molecule has 0 saturated heterocycles. The maximum Gasteiger partial charge on any atom is 0.274 e. The van der Waals surface area contributed by atoms with Gasteiger partial charge in [-0.25, -0.2) is 4.98 Å². The predicted molar refractivity (Wildman–Crippen MR) is 97.4 cm³/mol. The Morgan fingerprint density at radius 1 is 1.16 bits per heavy atom. The number of amides is 2. The summed E-state index contributed by atoms with van der Waals surface area (Å²) in [6, 6.07) is 0. The van der Waals surface area contributed by atoms with Crippen LogP contribution in [-0.2, 0) is 4.79 Å². The van der Waals surface area contributed by atoms with Crippen molar-refractivity contribution >= 4 is 11.8 Å². The van der Waals surface area contributed by atoms with Crippen LogP contribution in [0.5, 0.6) is 0 Å². The molecule has 0 atom stereocenters. The molecular formula is C18H32N5O2+. The third-order valence-corrected chi connectivity index (χ3v) is 3.91. The summed E-state index contributed by atoms with van der Waals surface area (Å²) in [5.74, 6) is -0.179. The Bertz CT molecular complexity index is 507. The number of hydrogen-bond acceptors (Lipinski definition) is 4. The number of aromatic nitrogens is 2. The van der Waals surface area contributed by atoms with Gasteiger partial charge >= 0.3 is 0 Å². The van der Waals surface area contributed by atoms with Crippen LogP contribution in [0.15, 0.2) is 18.6 Å². The molecule has 0 bridgehead atoms. The Morgan fingerprint density at radius 3 is 2.60 bits per heavy atom. The standard InChI is InChI=1S/C18H31N5O2/c1-4-5-6-7-12-23(18(25)16-15-19-9-10-20-16)13-8-17(24)21-11-14-22(2)3/h9-10,15H,4-8,11-14H2,1-3H3,(H,21,24)/p+1. The molecule has 2 amide bonds. The average molecular weight is 350 g/mol. The zero-order chi connectivity index (χ0) is 18.5. The number of unbranched alkanes of at least 4 members (excludes halogenated alkanes) is 3. The number of likely N-dealkylation sites (N-methyl/N-ethyl adjacent to an activating group) is 1. The molecule has 0 aromatic carbocycles. The van der Waals surface area contributed by atoms with Gasteiger partial charge < -0.3 is 15.1 Å². The van der Waals surface area contributed by atoms with Crippen LogP contribution in [0, 0.1) is 0 Å². The highest BCUT2D eigenvalue weighted by atomic mass is 16.2. The molecule has 1 aromatic rings. The van der Waals surface area contributed by atoms with Gasteiger partial charge in [0.15, 0.2) is 0 Å². The number of carbonyl (C=O) groups is 2. The van der Waals surface area contributed by atoms with E-state index in [1.54, 1.807) is 11.1 Å². The van der Waals surface area contributed by atoms with Gasteiger partial charge in [-0.3, -0.25) is 14.6 Å². The van der Waals surface area contributed by atoms with Crippen LogP contribution in [0.4, 0.5) is 0 Å². The third-order valence-electron chi connectivity index (χ3n) is 3.91. The van der Waals surface area contributed by atoms with Crippen LogP contribution >= 0.6 is 0 Å². The van der Waals surface area contributed by atoms with Gasteiger partial charge in [-0.15, -0.1) is 0 Å². The van der Waals surface area contributed by atoms with Gasteiger partial charge in [-0.1, -0.05) is 26.2 Å². The van der Waals surface area contributed by atoms with Crippen LogP contribution in [-0.4, -0.2) is 67.0 Å². The lowest BCUT2D eigenvalue weighted by Gasteiger charge is -2.22. The highest BCUT2D eigenvalue weighted by molar-refractivity contribution is 5.92. The largest absolute Gasteiger partial charge is 0.350 e. The number of hydrogen-bond donors (Lipinski definition) is 2. The van der Waals surface area contributed by atoms with Crippen molar-refractivity contribution in [2.24, 2.45) is 0 Å². The van der Waals surface area contributed by atoms with Gasteiger partial charge in [0.2, 0.25) is 5.91 Å². The van der Waals surface area contributed by atoms with Crippen molar-refractivity contribution in [1.82, 2.24) is 20.2 Å². The van der Waals surface area contributed by atoms with E-state index in [1.807, 2.05) is 14.1 Å². The van der Waals surface area contributed by atoms with Crippen molar-refractivity contribution < 1.29 is 14.5 Å². The Hall–Kier alpha value is -2.02. The monoisotopic (exact) mass is 350 g/mol. The van der Waals surface area contributed by atoms with Crippen LogP contribution < -0.4 is 10.2 Å². The van der Waals surface area contributed by atoms with Gasteiger partial charge in [0.1, 0.15) is 5.69 Å². The first-order chi connectivity index (χ1) is 12.0. The van der Waals surface area contributed by atoms with Crippen molar-refractivity contribution in [2.75, 3.05) is 40.3 Å². The lowest BCUT2D eigenvalue weighted by molar-refractivity contribution is -0.856. The summed E-state index contributed by atoms with van der Waals surface area (Å²) < 4.78 is 0. The van der Waals surface area contributed by atoms with E-state index >= 15 is 0 Å². The summed E-state index contributed by atoms with van der Waals surface area (Å²) in [4.78, 5) is 35.6. The van der Waals surface area contributed by atoms with Crippen LogP contribution in [0.3, 0.4) is 0 Å². The van der Waals surface area contributed by atoms with Crippen LogP contribution in [0.2, 0.25) is 0 Å². The molecule has 0 aliphatic carbocycles. The minimum Gasteiger partial charge on any atom is -0.350 e. The van der Waals surface area contributed by atoms with Crippen LogP contribution in [0.25, 0.3) is 0 Å². The Balaban J connectivity index is 2.52. The summed E-state index contributed by atoms with van der Waals surface area (Å²) in [6.45, 7) is 4.73. The fourth-order valence-corrected chi connectivity index (χ4v) is 2.39. The molecule has 0 spiro atoms. The fourth-order valence-electron chi connectivity index (χ4n) is 2.39. The summed E-state index contributed by atoms with van der Waals surface area (Å²) in [7, 11) is 4.09. The van der Waals surface area contributed by atoms with E-state index in [0.717, 1.165) is 32.2 Å². The molecule has 1 rings (SSSR count). The van der Waals surface area contributed by atoms with Gasteiger partial charge in [-0.2, -0.15) is 0 Å². The van der Waals surface area contributed by atoms with Gasteiger partial charge in [-0.05, 0) is 6.42 Å². The first-order valence-corrected chi connectivity index (χ1v) is 9.15. The van der Waals surface area contributed by atoms with E-state index in [0.29, 0.717) is 31.7 Å². The van der Waals surface area contributed by atoms with Crippen molar-refractivity contribution in [3.05, 3.63) is 24.3 Å². The fraction of sp³-hybridized carbons (Fsp3) is 0.667. The number of quaternary nitrogens is 1. The molecule has 2 N–H and O–H groups in total. The normalized spacial score (nSPS) is 10.7. The molecule has 7 nitrogen and oxygen atoms in total. The molecule has 0 saturated carbocycles. The molecule has 0 aliphatic heterocycles. The third kappa shape index (κ3) is 9.14. The predicted octanol–water partition coefficient (Wildman–Crippen LogP) is 0.150. The van der Waals surface area contributed by atoms with Crippen molar-refractivity contribution in [3.8, 4) is 0 Å². The zero-order valence-corrected chi connectivity index (χ0v) is 15.8. The van der Waals surface area contributed by atoms with E-state index in [2.05, 4.69) is 22.2 Å². The van der Waals surface area contributed by atoms with Gasteiger partial charge in [0.25, 0.3) is 5.91 Å². The highest BCUT2D eigenvalue weighted by Gasteiger charge is 2.18. The SMILES string of the molecule is CCCCCCN(CCC(=O)NCC[NH+](C)C)C(=O)c1cnccn1. The second-order valence-corrected chi connectivity index (χ2v) is 6.50. The van der Waals surface area contributed by atoms with Crippen molar-refractivity contribution in [1.29, 1.82) is 0 Å². The first kappa shape index (κ1) is 21.0. The zero-order valence-electron chi connectivity index (χ0n) is 15.8. The number of carbonyl (C=O) groups excluding carboxylic acids is 2. The quantitative estimate of drug-likeness (QED) is 0.526. The second-order valence-electron chi connectivity index (χ2n) is 6.50. The Labute approximate surface area is 150 Å². The summed E-state index contributed by atoms with van der Waals surface area (Å²) in [6.07, 6.45) is 9.16. The lowest BCUT2D eigenvalue weighted by atomic mass is 10.2. The molecule has 1 aromatic heterocycles. The lowest BCUT2D eigenvalue weighted by Crippen LogP contribution is -3.06. The van der Waals surface area contributed by atoms with E-state index in [9.17, 15) is 9.59 Å². The van der Waals surface area contributed by atoms with Gasteiger partial charge in [0, 0.05) is 31.9 Å². The molecule has 140 valence electrons. The minimum atomic E-state index is -0.157. The number of rotatable bonds is 12. The second kappa shape index (κ2) is 12.4. The number of nitrogens with one attached hydrogen (secondary N) is 2. The Kier molecular flexibility index (Phi) is 10.4. The molecule has 7 heteroatoms. The smallest absolute Gasteiger partial charge is 0.274 e. The van der Waals surface area contributed by atoms with E-state index in [-0.39, 0.29) is 11.8 Å². The molecule has 0 radical (unpaired) electrons. The van der Waals surface area contributed by atoms with E-state index in [4.69, 9.17) is 0 Å². The maximum atomic E-state index is 12.6. The van der Waals surface area contributed by atoms with Crippen molar-refractivity contribution in [2.45, 2.75) is 39.0 Å². The minimum absolute atomic E-state index is 0.0215. The van der Waals surface area contributed by atoms with E-state index in [1.165, 1.54) is 17.3 Å². The summed E-state index contributed by atoms with van der Waals surface area (Å²) >= 11 is 0. The van der Waals surface area contributed by atoms with Crippen molar-refractivity contribution in [3.63, 3.8) is 0 Å². The molecule has 0 unspecified atom stereocenters. The molecule has 0 fully saturated rings. The molecule has 1 heterocycles. The van der Waals surface area contributed by atoms with Crippen LogP contribution in [0.1, 0.15) is 49.5 Å². The first-order valence-electron chi connectivity index (χ1n) is 9.15. The maximum absolute atomic E-state index is 12.6. The average Bonchev–Trinajstić information content (AvgIpc) is 2.61.